The summed E-state index contributed by atoms with van der Waals surface area (Å²) in [6.45, 7) is 3.54. The predicted octanol–water partition coefficient (Wildman–Crippen LogP) is 2.76. The van der Waals surface area contributed by atoms with Gasteiger partial charge in [-0.05, 0) is 11.5 Å². The van der Waals surface area contributed by atoms with Gasteiger partial charge in [-0.2, -0.15) is 0 Å². The van der Waals surface area contributed by atoms with Crippen LogP contribution >= 0.6 is 0 Å². The molecule has 1 nitrogen and oxygen atoms in total. The molecule has 0 aliphatic heterocycles. The molecule has 1 aromatic rings. The molecule has 2 atom stereocenters. The fourth-order valence-electron chi connectivity index (χ4n) is 1.80. The van der Waals surface area contributed by atoms with Gasteiger partial charge in [0.25, 0.3) is 0 Å². The summed E-state index contributed by atoms with van der Waals surface area (Å²) in [6, 6.07) is 9.52. The van der Waals surface area contributed by atoms with Gasteiger partial charge in [0.1, 0.15) is 6.17 Å². The minimum atomic E-state index is -1.17. The number of halogens is 1. The Morgan fingerprint density at radius 2 is 1.79 bits per heavy atom. The summed E-state index contributed by atoms with van der Waals surface area (Å²) in [6.07, 6.45) is -1.17. The van der Waals surface area contributed by atoms with Crippen LogP contribution in [0, 0.1) is 5.92 Å². The van der Waals surface area contributed by atoms with Crippen molar-refractivity contribution in [2.75, 3.05) is 6.61 Å². The molecule has 0 amide bonds. The summed E-state index contributed by atoms with van der Waals surface area (Å²) in [7, 11) is 0. The van der Waals surface area contributed by atoms with Gasteiger partial charge in [0.15, 0.2) is 0 Å². The Balaban J connectivity index is 2.89. The van der Waals surface area contributed by atoms with Gasteiger partial charge >= 0.3 is 0 Å². The van der Waals surface area contributed by atoms with E-state index >= 15 is 0 Å². The van der Waals surface area contributed by atoms with E-state index in [0.29, 0.717) is 0 Å². The van der Waals surface area contributed by atoms with Crippen molar-refractivity contribution in [2.45, 2.75) is 25.9 Å². The maximum absolute atomic E-state index is 13.5. The summed E-state index contributed by atoms with van der Waals surface area (Å²) >= 11 is 0. The van der Waals surface area contributed by atoms with E-state index in [1.165, 1.54) is 0 Å². The van der Waals surface area contributed by atoms with Gasteiger partial charge in [-0.3, -0.25) is 0 Å². The molecule has 1 aromatic carbocycles. The van der Waals surface area contributed by atoms with Crippen LogP contribution in [0.2, 0.25) is 0 Å². The van der Waals surface area contributed by atoms with Crippen LogP contribution in [-0.2, 0) is 0 Å². The van der Waals surface area contributed by atoms with Gasteiger partial charge in [0.05, 0.1) is 6.61 Å². The Hall–Kier alpha value is -0.890. The van der Waals surface area contributed by atoms with Crippen molar-refractivity contribution in [1.82, 2.24) is 0 Å². The average Bonchev–Trinajstić information content (AvgIpc) is 2.19. The smallest absolute Gasteiger partial charge is 0.130 e. The molecule has 2 heteroatoms. The van der Waals surface area contributed by atoms with E-state index in [1.54, 1.807) is 0 Å². The Bertz CT molecular complexity index is 258. The third kappa shape index (κ3) is 2.55. The SMILES string of the molecule is CC(C)[C@@H](c1ccccc1)[C@H](F)CO. The van der Waals surface area contributed by atoms with E-state index in [1.807, 2.05) is 44.2 Å². The van der Waals surface area contributed by atoms with Gasteiger partial charge in [-0.25, -0.2) is 4.39 Å². The van der Waals surface area contributed by atoms with Crippen molar-refractivity contribution >= 4 is 0 Å². The number of hydrogen-bond acceptors (Lipinski definition) is 1. The number of aliphatic hydroxyl groups excluding tert-OH is 1. The van der Waals surface area contributed by atoms with E-state index in [0.717, 1.165) is 5.56 Å². The minimum absolute atomic E-state index is 0.194. The Morgan fingerprint density at radius 1 is 1.21 bits per heavy atom. The number of hydrogen-bond donors (Lipinski definition) is 1. The molecule has 1 rings (SSSR count). The number of alkyl halides is 1. The molecule has 0 bridgehead atoms. The third-order valence-electron chi connectivity index (χ3n) is 2.47. The molecule has 0 unspecified atom stereocenters. The highest BCUT2D eigenvalue weighted by atomic mass is 19.1. The normalized spacial score (nSPS) is 15.5. The summed E-state index contributed by atoms with van der Waals surface area (Å²) in [5, 5.41) is 8.84. The zero-order valence-corrected chi connectivity index (χ0v) is 8.65. The lowest BCUT2D eigenvalue weighted by atomic mass is 9.85. The molecule has 0 aliphatic rings. The molecular formula is C12H17FO. The van der Waals surface area contributed by atoms with Crippen molar-refractivity contribution in [2.24, 2.45) is 5.92 Å². The maximum Gasteiger partial charge on any atom is 0.130 e. The van der Waals surface area contributed by atoms with Crippen LogP contribution in [0.4, 0.5) is 4.39 Å². The van der Waals surface area contributed by atoms with E-state index in [4.69, 9.17) is 5.11 Å². The Kier molecular flexibility index (Phi) is 4.08. The molecule has 0 spiro atoms. The molecule has 14 heavy (non-hydrogen) atoms. The van der Waals surface area contributed by atoms with E-state index in [-0.39, 0.29) is 11.8 Å². The number of aliphatic hydroxyl groups is 1. The van der Waals surface area contributed by atoms with Gasteiger partial charge in [0.2, 0.25) is 0 Å². The number of benzene rings is 1. The van der Waals surface area contributed by atoms with Gasteiger partial charge in [0, 0.05) is 5.92 Å². The summed E-state index contributed by atoms with van der Waals surface area (Å²) < 4.78 is 13.5. The first kappa shape index (κ1) is 11.2. The fraction of sp³-hybridized carbons (Fsp3) is 0.500. The summed E-state index contributed by atoms with van der Waals surface area (Å²) in [5.41, 5.74) is 0.962. The first-order valence-corrected chi connectivity index (χ1v) is 4.96. The maximum atomic E-state index is 13.5. The van der Waals surface area contributed by atoms with Crippen molar-refractivity contribution < 1.29 is 9.50 Å². The molecule has 1 N–H and O–H groups in total. The van der Waals surface area contributed by atoms with Gasteiger partial charge in [-0.1, -0.05) is 44.2 Å². The fourth-order valence-corrected chi connectivity index (χ4v) is 1.80. The Labute approximate surface area is 84.6 Å². The third-order valence-corrected chi connectivity index (χ3v) is 2.47. The van der Waals surface area contributed by atoms with Crippen LogP contribution < -0.4 is 0 Å². The topological polar surface area (TPSA) is 20.2 Å². The molecular weight excluding hydrogens is 179 g/mol. The molecule has 78 valence electrons. The molecule has 0 fully saturated rings. The zero-order chi connectivity index (χ0) is 10.6. The lowest BCUT2D eigenvalue weighted by molar-refractivity contribution is 0.137. The largest absolute Gasteiger partial charge is 0.393 e. The van der Waals surface area contributed by atoms with Crippen molar-refractivity contribution in [1.29, 1.82) is 0 Å². The molecule has 0 heterocycles. The highest BCUT2D eigenvalue weighted by Gasteiger charge is 2.24. The van der Waals surface area contributed by atoms with E-state index in [9.17, 15) is 4.39 Å². The van der Waals surface area contributed by atoms with E-state index in [2.05, 4.69) is 0 Å². The summed E-state index contributed by atoms with van der Waals surface area (Å²) in [4.78, 5) is 0. The average molecular weight is 196 g/mol. The van der Waals surface area contributed by atoms with Crippen LogP contribution in [0.3, 0.4) is 0 Å². The molecule has 0 aromatic heterocycles. The highest BCUT2D eigenvalue weighted by Crippen LogP contribution is 2.29. The first-order valence-electron chi connectivity index (χ1n) is 4.96. The predicted molar refractivity (Wildman–Crippen MR) is 56.0 cm³/mol. The van der Waals surface area contributed by atoms with Crippen LogP contribution in [0.15, 0.2) is 30.3 Å². The highest BCUT2D eigenvalue weighted by molar-refractivity contribution is 5.21. The Morgan fingerprint density at radius 3 is 2.21 bits per heavy atom. The lowest BCUT2D eigenvalue weighted by Gasteiger charge is -2.23. The van der Waals surface area contributed by atoms with Gasteiger partial charge < -0.3 is 5.11 Å². The second-order valence-corrected chi connectivity index (χ2v) is 3.88. The molecule has 0 radical (unpaired) electrons. The first-order chi connectivity index (χ1) is 6.66. The summed E-state index contributed by atoms with van der Waals surface area (Å²) in [5.74, 6) is -0.0132. The molecule has 0 saturated heterocycles. The minimum Gasteiger partial charge on any atom is -0.393 e. The second-order valence-electron chi connectivity index (χ2n) is 3.88. The van der Waals surface area contributed by atoms with Crippen LogP contribution in [0.5, 0.6) is 0 Å². The van der Waals surface area contributed by atoms with Crippen molar-refractivity contribution in [3.63, 3.8) is 0 Å². The van der Waals surface area contributed by atoms with Crippen molar-refractivity contribution in [3.05, 3.63) is 35.9 Å². The van der Waals surface area contributed by atoms with Crippen molar-refractivity contribution in [3.8, 4) is 0 Å². The van der Waals surface area contributed by atoms with Crippen LogP contribution in [0.1, 0.15) is 25.3 Å². The zero-order valence-electron chi connectivity index (χ0n) is 8.65. The second kappa shape index (κ2) is 5.11. The quantitative estimate of drug-likeness (QED) is 0.785. The standard InChI is InChI=1S/C12H17FO/c1-9(2)12(11(13)8-14)10-6-4-3-5-7-10/h3-7,9,11-12,14H,8H2,1-2H3/t11-,12+/m1/s1. The monoisotopic (exact) mass is 196 g/mol. The van der Waals surface area contributed by atoms with E-state index < -0.39 is 12.8 Å². The van der Waals surface area contributed by atoms with Crippen LogP contribution in [-0.4, -0.2) is 17.9 Å². The lowest BCUT2D eigenvalue weighted by Crippen LogP contribution is -2.22. The molecule has 0 saturated carbocycles. The van der Waals surface area contributed by atoms with Gasteiger partial charge in [-0.15, -0.1) is 0 Å². The number of rotatable bonds is 4. The molecule has 0 aliphatic carbocycles. The van der Waals surface area contributed by atoms with Crippen LogP contribution in [0.25, 0.3) is 0 Å².